The van der Waals surface area contributed by atoms with Crippen LogP contribution in [0.25, 0.3) is 11.1 Å². The number of methoxy groups -OCH3 is 2. The van der Waals surface area contributed by atoms with Gasteiger partial charge in [0.25, 0.3) is 0 Å². The Labute approximate surface area is 224 Å². The molecule has 2 heterocycles. The molecule has 1 saturated carbocycles. The van der Waals surface area contributed by atoms with Crippen LogP contribution in [0.5, 0.6) is 0 Å². The van der Waals surface area contributed by atoms with E-state index in [0.29, 0.717) is 66.5 Å². The first-order valence-electron chi connectivity index (χ1n) is 13.2. The summed E-state index contributed by atoms with van der Waals surface area (Å²) in [6.07, 6.45) is 7.49. The van der Waals surface area contributed by atoms with Gasteiger partial charge in [-0.1, -0.05) is 11.6 Å². The van der Waals surface area contributed by atoms with Crippen molar-refractivity contribution in [2.75, 3.05) is 51.2 Å². The van der Waals surface area contributed by atoms with Gasteiger partial charge in [0.1, 0.15) is 11.6 Å². The van der Waals surface area contributed by atoms with Gasteiger partial charge in [0.05, 0.1) is 17.2 Å². The zero-order valence-corrected chi connectivity index (χ0v) is 22.9. The van der Waals surface area contributed by atoms with Gasteiger partial charge in [0, 0.05) is 88.0 Å². The number of ether oxygens (including phenoxy) is 3. The number of nitrogens with one attached hydrogen (secondary N) is 3. The van der Waals surface area contributed by atoms with Gasteiger partial charge in [0.2, 0.25) is 0 Å². The van der Waals surface area contributed by atoms with Gasteiger partial charge >= 0.3 is 0 Å². The first-order valence-corrected chi connectivity index (χ1v) is 13.6. The SMILES string of the molecule is COC[C@H](C)N[C@H]1CC[C@H](Nc2cc(-c3cc(NCC4(OC)CCOCC4)ccc3F)c(Cl)cn2)CC1. The molecule has 1 aromatic carbocycles. The van der Waals surface area contributed by atoms with E-state index in [1.54, 1.807) is 32.5 Å². The Bertz CT molecular complexity index is 1010. The van der Waals surface area contributed by atoms with Gasteiger partial charge < -0.3 is 30.2 Å². The predicted octanol–water partition coefficient (Wildman–Crippen LogP) is 5.50. The van der Waals surface area contributed by atoms with Crippen molar-refractivity contribution in [1.29, 1.82) is 0 Å². The maximum Gasteiger partial charge on any atom is 0.131 e. The summed E-state index contributed by atoms with van der Waals surface area (Å²) in [5, 5.41) is 11.0. The van der Waals surface area contributed by atoms with E-state index in [9.17, 15) is 4.39 Å². The molecular weight excluding hydrogens is 495 g/mol. The first kappa shape index (κ1) is 28.0. The number of hydrogen-bond acceptors (Lipinski definition) is 7. The van der Waals surface area contributed by atoms with Crippen molar-refractivity contribution in [3.63, 3.8) is 0 Å². The Morgan fingerprint density at radius 1 is 1.11 bits per heavy atom. The van der Waals surface area contributed by atoms with Crippen LogP contribution in [0.4, 0.5) is 15.9 Å². The molecule has 3 N–H and O–H groups in total. The summed E-state index contributed by atoms with van der Waals surface area (Å²) >= 11 is 6.50. The molecule has 2 fully saturated rings. The summed E-state index contributed by atoms with van der Waals surface area (Å²) in [5.74, 6) is 0.385. The van der Waals surface area contributed by atoms with Crippen LogP contribution in [0.15, 0.2) is 30.5 Å². The third-order valence-corrected chi connectivity index (χ3v) is 7.88. The topological polar surface area (TPSA) is 76.7 Å². The lowest BCUT2D eigenvalue weighted by molar-refractivity contribution is -0.0807. The summed E-state index contributed by atoms with van der Waals surface area (Å²) in [6, 6.07) is 8.04. The van der Waals surface area contributed by atoms with Crippen LogP contribution >= 0.6 is 11.6 Å². The highest BCUT2D eigenvalue weighted by atomic mass is 35.5. The monoisotopic (exact) mass is 534 g/mol. The van der Waals surface area contributed by atoms with Crippen molar-refractivity contribution in [2.24, 2.45) is 0 Å². The third kappa shape index (κ3) is 7.54. The number of aromatic nitrogens is 1. The minimum absolute atomic E-state index is 0.283. The maximum atomic E-state index is 15.0. The highest BCUT2D eigenvalue weighted by Crippen LogP contribution is 2.34. The van der Waals surface area contributed by atoms with Crippen LogP contribution in [-0.4, -0.2) is 69.3 Å². The summed E-state index contributed by atoms with van der Waals surface area (Å²) < 4.78 is 31.5. The van der Waals surface area contributed by atoms with E-state index in [4.69, 9.17) is 25.8 Å². The minimum Gasteiger partial charge on any atom is -0.383 e. The third-order valence-electron chi connectivity index (χ3n) is 7.58. The van der Waals surface area contributed by atoms with Gasteiger partial charge in [-0.25, -0.2) is 9.37 Å². The Kier molecular flexibility index (Phi) is 10.0. The van der Waals surface area contributed by atoms with Gasteiger partial charge in [-0.05, 0) is 56.9 Å². The molecule has 7 nitrogen and oxygen atoms in total. The van der Waals surface area contributed by atoms with E-state index in [1.165, 1.54) is 6.07 Å². The van der Waals surface area contributed by atoms with Crippen molar-refractivity contribution in [3.8, 4) is 11.1 Å². The molecule has 0 radical (unpaired) electrons. The maximum absolute atomic E-state index is 15.0. The fourth-order valence-electron chi connectivity index (χ4n) is 5.34. The Morgan fingerprint density at radius 2 is 1.84 bits per heavy atom. The molecule has 0 spiro atoms. The highest BCUT2D eigenvalue weighted by molar-refractivity contribution is 6.33. The zero-order valence-electron chi connectivity index (χ0n) is 22.1. The van der Waals surface area contributed by atoms with Crippen LogP contribution < -0.4 is 16.0 Å². The molecule has 1 saturated heterocycles. The van der Waals surface area contributed by atoms with Crippen molar-refractivity contribution in [2.45, 2.75) is 69.2 Å². The van der Waals surface area contributed by atoms with Crippen LogP contribution in [-0.2, 0) is 14.2 Å². The lowest BCUT2D eigenvalue weighted by atomic mass is 9.90. The fraction of sp³-hybridized carbons (Fsp3) is 0.607. The summed E-state index contributed by atoms with van der Waals surface area (Å²) in [4.78, 5) is 4.48. The molecule has 37 heavy (non-hydrogen) atoms. The molecule has 1 aromatic heterocycles. The van der Waals surface area contributed by atoms with Crippen LogP contribution in [0.1, 0.15) is 45.4 Å². The molecule has 1 aliphatic carbocycles. The van der Waals surface area contributed by atoms with Crippen LogP contribution in [0.2, 0.25) is 5.02 Å². The zero-order chi connectivity index (χ0) is 26.3. The van der Waals surface area contributed by atoms with Crippen LogP contribution in [0.3, 0.4) is 0 Å². The van der Waals surface area contributed by atoms with E-state index in [1.807, 2.05) is 6.07 Å². The second-order valence-electron chi connectivity index (χ2n) is 10.3. The van der Waals surface area contributed by atoms with Crippen molar-refractivity contribution >= 4 is 23.1 Å². The van der Waals surface area contributed by atoms with E-state index < -0.39 is 0 Å². The molecule has 9 heteroatoms. The van der Waals surface area contributed by atoms with E-state index >= 15 is 0 Å². The van der Waals surface area contributed by atoms with Crippen molar-refractivity contribution in [3.05, 3.63) is 41.3 Å². The average molecular weight is 535 g/mol. The standard InChI is InChI=1S/C28H40ClFN4O3/c1-19(17-35-2)33-20-4-6-21(7-5-20)34-27-15-23(25(29)16-31-27)24-14-22(8-9-26(24)30)32-18-28(36-3)10-12-37-13-11-28/h8-9,14-16,19-21,32-33H,4-7,10-13,17-18H2,1-3H3,(H,31,34)/t19-,20-,21-/m0/s1. The van der Waals surface area contributed by atoms with Gasteiger partial charge in [-0.15, -0.1) is 0 Å². The van der Waals surface area contributed by atoms with E-state index in [0.717, 1.165) is 44.2 Å². The smallest absolute Gasteiger partial charge is 0.131 e. The van der Waals surface area contributed by atoms with Crippen molar-refractivity contribution < 1.29 is 18.6 Å². The molecule has 4 rings (SSSR count). The second-order valence-corrected chi connectivity index (χ2v) is 10.7. The van der Waals surface area contributed by atoms with Gasteiger partial charge in [-0.2, -0.15) is 0 Å². The molecule has 0 bridgehead atoms. The normalized spacial score (nSPS) is 22.4. The summed E-state index contributed by atoms with van der Waals surface area (Å²) in [6.45, 7) is 4.84. The number of hydrogen-bond donors (Lipinski definition) is 3. The molecule has 0 amide bonds. The highest BCUT2D eigenvalue weighted by Gasteiger charge is 2.32. The molecule has 1 aliphatic heterocycles. The summed E-state index contributed by atoms with van der Waals surface area (Å²) in [7, 11) is 3.47. The van der Waals surface area contributed by atoms with E-state index in [-0.39, 0.29) is 11.4 Å². The molecular formula is C28H40ClFN4O3. The molecule has 2 aromatic rings. The fourth-order valence-corrected chi connectivity index (χ4v) is 5.54. The number of nitrogens with zero attached hydrogens (tertiary/aromatic N) is 1. The summed E-state index contributed by atoms with van der Waals surface area (Å²) in [5.41, 5.74) is 1.60. The Morgan fingerprint density at radius 3 is 2.54 bits per heavy atom. The van der Waals surface area contributed by atoms with Crippen LogP contribution in [0, 0.1) is 5.82 Å². The molecule has 1 atom stereocenters. The van der Waals surface area contributed by atoms with E-state index in [2.05, 4.69) is 27.9 Å². The second kappa shape index (κ2) is 13.2. The first-order chi connectivity index (χ1) is 17.9. The number of benzene rings is 1. The molecule has 0 unspecified atom stereocenters. The predicted molar refractivity (Wildman–Crippen MR) is 147 cm³/mol. The average Bonchev–Trinajstić information content (AvgIpc) is 2.91. The number of anilines is 2. The van der Waals surface area contributed by atoms with Gasteiger partial charge in [-0.3, -0.25) is 0 Å². The lowest BCUT2D eigenvalue weighted by Crippen LogP contribution is -2.44. The number of pyridine rings is 1. The minimum atomic E-state index is -0.325. The Balaban J connectivity index is 1.41. The molecule has 2 aliphatic rings. The van der Waals surface area contributed by atoms with Gasteiger partial charge in [0.15, 0.2) is 0 Å². The quantitative estimate of drug-likeness (QED) is 0.351. The lowest BCUT2D eigenvalue weighted by Gasteiger charge is -2.36. The van der Waals surface area contributed by atoms with Crippen molar-refractivity contribution in [1.82, 2.24) is 10.3 Å². The number of rotatable bonds is 11. The molecule has 204 valence electrons. The number of halogens is 2. The Hall–Kier alpha value is -1.97. The largest absolute Gasteiger partial charge is 0.383 e.